The minimum atomic E-state index is -1.09. The number of benzene rings is 2. The Hall–Kier alpha value is -2.30. The fourth-order valence-corrected chi connectivity index (χ4v) is 2.21. The van der Waals surface area contributed by atoms with Gasteiger partial charge in [-0.2, -0.15) is 0 Å². The van der Waals surface area contributed by atoms with Crippen LogP contribution in [0.4, 0.5) is 13.2 Å². The van der Waals surface area contributed by atoms with Crippen LogP contribution in [0.1, 0.15) is 11.1 Å². The molecule has 1 atom stereocenters. The van der Waals surface area contributed by atoms with E-state index in [0.717, 1.165) is 18.2 Å². The molecule has 0 radical (unpaired) electrons. The molecule has 2 aromatic rings. The normalized spacial score (nSPS) is 12.1. The highest BCUT2D eigenvalue weighted by molar-refractivity contribution is 5.70. The van der Waals surface area contributed by atoms with Crippen molar-refractivity contribution >= 4 is 5.97 Å². The van der Waals surface area contributed by atoms with Crippen LogP contribution in [0.25, 0.3) is 0 Å². The molecule has 21 heavy (non-hydrogen) atoms. The number of hydrogen-bond acceptors (Lipinski definition) is 1. The van der Waals surface area contributed by atoms with Crippen LogP contribution in [0.5, 0.6) is 0 Å². The quantitative estimate of drug-likeness (QED) is 0.915. The summed E-state index contributed by atoms with van der Waals surface area (Å²) in [5.74, 6) is -3.93. The molecule has 5 heteroatoms. The van der Waals surface area contributed by atoms with E-state index in [1.54, 1.807) is 6.07 Å². The van der Waals surface area contributed by atoms with E-state index in [9.17, 15) is 23.1 Å². The molecular weight excluding hydrogens is 281 g/mol. The van der Waals surface area contributed by atoms with E-state index in [0.29, 0.717) is 5.56 Å². The standard InChI is InChI=1S/C16H13F3O2/c17-13-3-1-2-10(6-13)4-12(16(20)21)5-11-7-14(18)9-15(19)8-11/h1-3,6-9,12H,4-5H2,(H,20,21). The van der Waals surface area contributed by atoms with Crippen molar-refractivity contribution in [3.8, 4) is 0 Å². The van der Waals surface area contributed by atoms with Crippen molar-refractivity contribution in [2.75, 3.05) is 0 Å². The highest BCUT2D eigenvalue weighted by Gasteiger charge is 2.19. The third-order valence-electron chi connectivity index (χ3n) is 3.12. The molecule has 0 aliphatic carbocycles. The summed E-state index contributed by atoms with van der Waals surface area (Å²) in [5, 5.41) is 9.22. The maximum absolute atomic E-state index is 13.1. The van der Waals surface area contributed by atoms with Crippen molar-refractivity contribution in [2.45, 2.75) is 12.8 Å². The summed E-state index contributed by atoms with van der Waals surface area (Å²) in [4.78, 5) is 11.3. The first-order valence-electron chi connectivity index (χ1n) is 6.36. The molecule has 0 amide bonds. The molecule has 0 fully saturated rings. The lowest BCUT2D eigenvalue weighted by Gasteiger charge is -2.13. The predicted molar refractivity (Wildman–Crippen MR) is 71.3 cm³/mol. The van der Waals surface area contributed by atoms with E-state index in [4.69, 9.17) is 0 Å². The molecule has 0 aliphatic heterocycles. The summed E-state index contributed by atoms with van der Waals surface area (Å²) < 4.78 is 39.3. The summed E-state index contributed by atoms with van der Waals surface area (Å²) in [6, 6.07) is 8.56. The smallest absolute Gasteiger partial charge is 0.307 e. The maximum atomic E-state index is 13.1. The lowest BCUT2D eigenvalue weighted by molar-refractivity contribution is -0.141. The molecule has 2 rings (SSSR count). The van der Waals surface area contributed by atoms with Crippen LogP contribution in [-0.4, -0.2) is 11.1 Å². The van der Waals surface area contributed by atoms with Crippen LogP contribution in [0.15, 0.2) is 42.5 Å². The Morgan fingerprint density at radius 2 is 1.48 bits per heavy atom. The Kier molecular flexibility index (Phi) is 4.62. The van der Waals surface area contributed by atoms with Crippen molar-refractivity contribution in [1.82, 2.24) is 0 Å². The van der Waals surface area contributed by atoms with Gasteiger partial charge in [0.05, 0.1) is 5.92 Å². The van der Waals surface area contributed by atoms with Crippen LogP contribution in [0.2, 0.25) is 0 Å². The Balaban J connectivity index is 2.17. The van der Waals surface area contributed by atoms with Crippen LogP contribution in [0.3, 0.4) is 0 Å². The van der Waals surface area contributed by atoms with Gasteiger partial charge >= 0.3 is 5.97 Å². The van der Waals surface area contributed by atoms with Crippen LogP contribution >= 0.6 is 0 Å². The van der Waals surface area contributed by atoms with Crippen molar-refractivity contribution in [3.05, 3.63) is 71.0 Å². The molecule has 2 aromatic carbocycles. The van der Waals surface area contributed by atoms with E-state index >= 15 is 0 Å². The third-order valence-corrected chi connectivity index (χ3v) is 3.12. The molecule has 0 aliphatic rings. The maximum Gasteiger partial charge on any atom is 0.307 e. The molecule has 0 saturated heterocycles. The average molecular weight is 294 g/mol. The molecule has 1 N–H and O–H groups in total. The lowest BCUT2D eigenvalue weighted by Crippen LogP contribution is -2.19. The highest BCUT2D eigenvalue weighted by atomic mass is 19.1. The topological polar surface area (TPSA) is 37.3 Å². The Bertz CT molecular complexity index is 635. The van der Waals surface area contributed by atoms with Gasteiger partial charge < -0.3 is 5.11 Å². The number of hydrogen-bond donors (Lipinski definition) is 1. The van der Waals surface area contributed by atoms with E-state index < -0.39 is 29.3 Å². The van der Waals surface area contributed by atoms with E-state index in [-0.39, 0.29) is 18.4 Å². The van der Waals surface area contributed by atoms with Crippen LogP contribution in [-0.2, 0) is 17.6 Å². The third kappa shape index (κ3) is 4.34. The van der Waals surface area contributed by atoms with Crippen molar-refractivity contribution < 1.29 is 23.1 Å². The SMILES string of the molecule is O=C(O)C(Cc1cccc(F)c1)Cc1cc(F)cc(F)c1. The van der Waals surface area contributed by atoms with E-state index in [1.165, 1.54) is 18.2 Å². The van der Waals surface area contributed by atoms with Gasteiger partial charge in [0.2, 0.25) is 0 Å². The summed E-state index contributed by atoms with van der Waals surface area (Å²) in [5.41, 5.74) is 0.788. The molecule has 2 nitrogen and oxygen atoms in total. The molecule has 110 valence electrons. The monoisotopic (exact) mass is 294 g/mol. The summed E-state index contributed by atoms with van der Waals surface area (Å²) in [6.07, 6.45) is 0.0613. The number of carbonyl (C=O) groups is 1. The first-order valence-corrected chi connectivity index (χ1v) is 6.36. The van der Waals surface area contributed by atoms with Crippen LogP contribution < -0.4 is 0 Å². The van der Waals surface area contributed by atoms with Gasteiger partial charge in [0.15, 0.2) is 0 Å². The number of halogens is 3. The highest BCUT2D eigenvalue weighted by Crippen LogP contribution is 2.18. The Labute approximate surface area is 119 Å². The molecule has 0 saturated carbocycles. The van der Waals surface area contributed by atoms with Gasteiger partial charge in [-0.3, -0.25) is 4.79 Å². The zero-order chi connectivity index (χ0) is 15.4. The summed E-state index contributed by atoms with van der Waals surface area (Å²) in [7, 11) is 0. The average Bonchev–Trinajstić information content (AvgIpc) is 2.36. The van der Waals surface area contributed by atoms with Gasteiger partial charge in [-0.05, 0) is 48.2 Å². The number of aliphatic carboxylic acids is 1. The fraction of sp³-hybridized carbons (Fsp3) is 0.188. The van der Waals surface area contributed by atoms with Gasteiger partial charge in [-0.1, -0.05) is 12.1 Å². The van der Waals surface area contributed by atoms with Gasteiger partial charge in [-0.25, -0.2) is 13.2 Å². The first-order chi connectivity index (χ1) is 9.94. The van der Waals surface area contributed by atoms with Crippen molar-refractivity contribution in [3.63, 3.8) is 0 Å². The molecule has 0 heterocycles. The minimum Gasteiger partial charge on any atom is -0.481 e. The predicted octanol–water partition coefficient (Wildman–Crippen LogP) is 3.59. The van der Waals surface area contributed by atoms with Crippen molar-refractivity contribution in [2.24, 2.45) is 5.92 Å². The summed E-state index contributed by atoms with van der Waals surface area (Å²) >= 11 is 0. The lowest BCUT2D eigenvalue weighted by atomic mass is 9.92. The van der Waals surface area contributed by atoms with E-state index in [1.807, 2.05) is 0 Å². The van der Waals surface area contributed by atoms with Gasteiger partial charge in [0, 0.05) is 6.07 Å². The Morgan fingerprint density at radius 3 is 2.05 bits per heavy atom. The minimum absolute atomic E-state index is 0.0273. The number of rotatable bonds is 5. The second-order valence-corrected chi connectivity index (χ2v) is 4.85. The van der Waals surface area contributed by atoms with Gasteiger partial charge in [-0.15, -0.1) is 0 Å². The second kappa shape index (κ2) is 6.43. The van der Waals surface area contributed by atoms with Crippen LogP contribution in [0, 0.1) is 23.4 Å². The fourth-order valence-electron chi connectivity index (χ4n) is 2.21. The molecule has 0 aromatic heterocycles. The summed E-state index contributed by atoms with van der Waals surface area (Å²) in [6.45, 7) is 0. The van der Waals surface area contributed by atoms with E-state index in [2.05, 4.69) is 0 Å². The van der Waals surface area contributed by atoms with Crippen molar-refractivity contribution in [1.29, 1.82) is 0 Å². The zero-order valence-electron chi connectivity index (χ0n) is 11.0. The Morgan fingerprint density at radius 1 is 0.905 bits per heavy atom. The number of carboxylic acids is 1. The largest absolute Gasteiger partial charge is 0.481 e. The molecule has 1 unspecified atom stereocenters. The molecular formula is C16H13F3O2. The second-order valence-electron chi connectivity index (χ2n) is 4.85. The van der Waals surface area contributed by atoms with Gasteiger partial charge in [0.1, 0.15) is 17.5 Å². The number of carboxylic acid groups (broad SMARTS) is 1. The zero-order valence-corrected chi connectivity index (χ0v) is 11.0. The molecule has 0 bridgehead atoms. The molecule has 0 spiro atoms. The first kappa shape index (κ1) is 15.1. The van der Waals surface area contributed by atoms with Gasteiger partial charge in [0.25, 0.3) is 0 Å².